The SMILES string of the molecule is CC1C/C(=C\C2CCC(N)CC2)C(=O)C(CC2CCC(N)CC2)C1. The molecule has 0 aliphatic heterocycles. The lowest BCUT2D eigenvalue weighted by molar-refractivity contribution is -0.121. The molecule has 0 spiro atoms. The lowest BCUT2D eigenvalue weighted by Gasteiger charge is -2.34. The third kappa shape index (κ3) is 4.70. The minimum Gasteiger partial charge on any atom is -0.328 e. The molecule has 0 aromatic carbocycles. The first-order valence-corrected chi connectivity index (χ1v) is 10.3. The fourth-order valence-corrected chi connectivity index (χ4v) is 5.19. The maximum absolute atomic E-state index is 13.0. The van der Waals surface area contributed by atoms with E-state index in [1.165, 1.54) is 12.8 Å². The van der Waals surface area contributed by atoms with Gasteiger partial charge in [0.05, 0.1) is 0 Å². The third-order valence-corrected chi connectivity index (χ3v) is 6.71. The van der Waals surface area contributed by atoms with Crippen LogP contribution in [0.2, 0.25) is 0 Å². The Morgan fingerprint density at radius 2 is 1.54 bits per heavy atom. The zero-order valence-electron chi connectivity index (χ0n) is 15.4. The standard InChI is InChI=1S/C21H36N2O/c1-14-10-17(12-15-2-6-19(22)7-3-15)21(24)18(11-14)13-16-4-8-20(23)9-5-16/h12,14-16,18-20H,2-11,13,22-23H2,1H3/b17-12+. The van der Waals surface area contributed by atoms with Gasteiger partial charge in [-0.05, 0) is 94.0 Å². The Labute approximate surface area is 147 Å². The molecule has 0 radical (unpaired) electrons. The highest BCUT2D eigenvalue weighted by molar-refractivity contribution is 5.98. The van der Waals surface area contributed by atoms with Gasteiger partial charge in [-0.15, -0.1) is 0 Å². The van der Waals surface area contributed by atoms with Crippen molar-refractivity contribution in [1.82, 2.24) is 0 Å². The molecule has 24 heavy (non-hydrogen) atoms. The summed E-state index contributed by atoms with van der Waals surface area (Å²) in [6.45, 7) is 2.32. The molecule has 2 atom stereocenters. The van der Waals surface area contributed by atoms with Gasteiger partial charge in [-0.1, -0.05) is 13.0 Å². The monoisotopic (exact) mass is 332 g/mol. The summed E-state index contributed by atoms with van der Waals surface area (Å²) in [5.74, 6) is 2.69. The molecule has 4 N–H and O–H groups in total. The van der Waals surface area contributed by atoms with Gasteiger partial charge in [-0.25, -0.2) is 0 Å². The second-order valence-corrected chi connectivity index (χ2v) is 8.99. The molecule has 0 aromatic rings. The van der Waals surface area contributed by atoms with E-state index in [4.69, 9.17) is 11.5 Å². The molecule has 3 nitrogen and oxygen atoms in total. The van der Waals surface area contributed by atoms with E-state index in [0.29, 0.717) is 29.7 Å². The summed E-state index contributed by atoms with van der Waals surface area (Å²) in [7, 11) is 0. The van der Waals surface area contributed by atoms with E-state index in [0.717, 1.165) is 69.3 Å². The van der Waals surface area contributed by atoms with Crippen LogP contribution in [0.1, 0.15) is 77.6 Å². The van der Waals surface area contributed by atoms with Crippen LogP contribution in [-0.2, 0) is 4.79 Å². The fraction of sp³-hybridized carbons (Fsp3) is 0.857. The van der Waals surface area contributed by atoms with E-state index >= 15 is 0 Å². The Morgan fingerprint density at radius 3 is 2.17 bits per heavy atom. The van der Waals surface area contributed by atoms with Crippen LogP contribution in [-0.4, -0.2) is 17.9 Å². The highest BCUT2D eigenvalue weighted by Crippen LogP contribution is 2.38. The maximum Gasteiger partial charge on any atom is 0.161 e. The van der Waals surface area contributed by atoms with Crippen LogP contribution < -0.4 is 11.5 Å². The number of allylic oxidation sites excluding steroid dienone is 2. The van der Waals surface area contributed by atoms with Crippen molar-refractivity contribution in [3.63, 3.8) is 0 Å². The molecule has 0 bridgehead atoms. The summed E-state index contributed by atoms with van der Waals surface area (Å²) in [5, 5.41) is 0. The van der Waals surface area contributed by atoms with E-state index < -0.39 is 0 Å². The van der Waals surface area contributed by atoms with Gasteiger partial charge < -0.3 is 11.5 Å². The van der Waals surface area contributed by atoms with Gasteiger partial charge in [0, 0.05) is 18.0 Å². The maximum atomic E-state index is 13.0. The number of hydrogen-bond acceptors (Lipinski definition) is 3. The van der Waals surface area contributed by atoms with Gasteiger partial charge in [0.2, 0.25) is 0 Å². The van der Waals surface area contributed by atoms with Crippen molar-refractivity contribution in [2.45, 2.75) is 89.6 Å². The fourth-order valence-electron chi connectivity index (χ4n) is 5.19. The van der Waals surface area contributed by atoms with Crippen molar-refractivity contribution < 1.29 is 4.79 Å². The molecule has 3 heteroatoms. The van der Waals surface area contributed by atoms with Crippen LogP contribution in [0.3, 0.4) is 0 Å². The highest BCUT2D eigenvalue weighted by Gasteiger charge is 2.33. The summed E-state index contributed by atoms with van der Waals surface area (Å²) in [6.07, 6.45) is 14.8. The quantitative estimate of drug-likeness (QED) is 0.769. The van der Waals surface area contributed by atoms with E-state index in [1.807, 2.05) is 0 Å². The van der Waals surface area contributed by atoms with Gasteiger partial charge in [0.15, 0.2) is 5.78 Å². The van der Waals surface area contributed by atoms with Crippen molar-refractivity contribution in [2.75, 3.05) is 0 Å². The Morgan fingerprint density at radius 1 is 0.958 bits per heavy atom. The summed E-state index contributed by atoms with van der Waals surface area (Å²) in [5.41, 5.74) is 13.2. The van der Waals surface area contributed by atoms with Gasteiger partial charge in [0.1, 0.15) is 0 Å². The van der Waals surface area contributed by atoms with Crippen molar-refractivity contribution in [1.29, 1.82) is 0 Å². The zero-order valence-corrected chi connectivity index (χ0v) is 15.4. The Bertz CT molecular complexity index is 456. The lowest BCUT2D eigenvalue weighted by Crippen LogP contribution is -2.32. The average Bonchev–Trinajstić information content (AvgIpc) is 2.56. The number of nitrogens with two attached hydrogens (primary N) is 2. The van der Waals surface area contributed by atoms with Crippen LogP contribution >= 0.6 is 0 Å². The van der Waals surface area contributed by atoms with Crippen LogP contribution in [0.5, 0.6) is 0 Å². The summed E-state index contributed by atoms with van der Waals surface area (Å²) in [6, 6.07) is 0.779. The molecule has 0 saturated heterocycles. The predicted octanol–water partition coefficient (Wildman–Crippen LogP) is 3.95. The molecule has 3 fully saturated rings. The molecular weight excluding hydrogens is 296 g/mol. The van der Waals surface area contributed by atoms with Gasteiger partial charge >= 0.3 is 0 Å². The summed E-state index contributed by atoms with van der Waals surface area (Å²) < 4.78 is 0. The topological polar surface area (TPSA) is 69.1 Å². The minimum atomic E-state index is 0.269. The van der Waals surface area contributed by atoms with Crippen molar-refractivity contribution in [3.05, 3.63) is 11.6 Å². The van der Waals surface area contributed by atoms with Crippen LogP contribution in [0.15, 0.2) is 11.6 Å². The van der Waals surface area contributed by atoms with Gasteiger partial charge in [-0.2, -0.15) is 0 Å². The first-order valence-electron chi connectivity index (χ1n) is 10.3. The van der Waals surface area contributed by atoms with Crippen LogP contribution in [0.25, 0.3) is 0 Å². The van der Waals surface area contributed by atoms with E-state index in [1.54, 1.807) is 0 Å². The van der Waals surface area contributed by atoms with E-state index in [9.17, 15) is 4.79 Å². The molecule has 3 rings (SSSR count). The number of hydrogen-bond donors (Lipinski definition) is 2. The van der Waals surface area contributed by atoms with E-state index in [-0.39, 0.29) is 5.92 Å². The van der Waals surface area contributed by atoms with E-state index in [2.05, 4.69) is 13.0 Å². The van der Waals surface area contributed by atoms with Gasteiger partial charge in [-0.3, -0.25) is 4.79 Å². The Balaban J connectivity index is 1.60. The molecule has 136 valence electrons. The minimum absolute atomic E-state index is 0.269. The number of carbonyl (C=O) groups excluding carboxylic acids is 1. The highest BCUT2D eigenvalue weighted by atomic mass is 16.1. The van der Waals surface area contributed by atoms with Gasteiger partial charge in [0.25, 0.3) is 0 Å². The molecular formula is C21H36N2O. The molecule has 0 heterocycles. The second-order valence-electron chi connectivity index (χ2n) is 8.99. The second kappa shape index (κ2) is 8.14. The number of ketones is 1. The normalized spacial score (nSPS) is 43.1. The van der Waals surface area contributed by atoms with Crippen LogP contribution in [0, 0.1) is 23.7 Å². The molecule has 3 aliphatic carbocycles. The third-order valence-electron chi connectivity index (χ3n) is 6.71. The van der Waals surface area contributed by atoms with Crippen molar-refractivity contribution in [3.8, 4) is 0 Å². The molecule has 2 unspecified atom stereocenters. The van der Waals surface area contributed by atoms with Crippen LogP contribution in [0.4, 0.5) is 0 Å². The summed E-state index contributed by atoms with van der Waals surface area (Å²) >= 11 is 0. The Kier molecular flexibility index (Phi) is 6.15. The van der Waals surface area contributed by atoms with Crippen molar-refractivity contribution >= 4 is 5.78 Å². The number of Topliss-reactive ketones (excluding diaryl/α,β-unsaturated/α-hetero) is 1. The largest absolute Gasteiger partial charge is 0.328 e. The average molecular weight is 333 g/mol. The predicted molar refractivity (Wildman–Crippen MR) is 99.5 cm³/mol. The zero-order chi connectivity index (χ0) is 17.1. The molecule has 3 saturated carbocycles. The number of carbonyl (C=O) groups is 1. The summed E-state index contributed by atoms with van der Waals surface area (Å²) in [4.78, 5) is 13.0. The van der Waals surface area contributed by atoms with Crippen molar-refractivity contribution in [2.24, 2.45) is 35.1 Å². The molecule has 0 aromatic heterocycles. The smallest absolute Gasteiger partial charge is 0.161 e. The Hall–Kier alpha value is -0.670. The first-order chi connectivity index (χ1) is 11.5. The lowest BCUT2D eigenvalue weighted by atomic mass is 9.71. The first kappa shape index (κ1) is 18.1. The molecule has 3 aliphatic rings. The molecule has 0 amide bonds. The number of rotatable bonds is 3.